The summed E-state index contributed by atoms with van der Waals surface area (Å²) >= 11 is 0. The average Bonchev–Trinajstić information content (AvgIpc) is 2.58. The fourth-order valence-electron chi connectivity index (χ4n) is 3.39. The summed E-state index contributed by atoms with van der Waals surface area (Å²) in [5.41, 5.74) is 2.91. The predicted molar refractivity (Wildman–Crippen MR) is 111 cm³/mol. The van der Waals surface area contributed by atoms with Gasteiger partial charge in [0, 0.05) is 25.7 Å². The Kier molecular flexibility index (Phi) is 7.47. The number of amides is 3. The first-order valence-corrected chi connectivity index (χ1v) is 10.2. The summed E-state index contributed by atoms with van der Waals surface area (Å²) < 4.78 is 0. The van der Waals surface area contributed by atoms with E-state index in [1.54, 1.807) is 18.7 Å². The molecule has 156 valence electrons. The standard InChI is InChI=1S/C22H35N3O3/c1-16-8-9-19(13-17(16)2)14-24-11-12-25(15-20(24)26)21(27)23-18(3)7-6-10-22(4,5)28/h8-9,13,18,28H,6-7,10-12,14-15H2,1-5H3,(H,23,27). The van der Waals surface area contributed by atoms with Crippen LogP contribution in [0.1, 0.15) is 56.7 Å². The molecule has 2 rings (SSSR count). The second kappa shape index (κ2) is 9.41. The van der Waals surface area contributed by atoms with Crippen molar-refractivity contribution in [3.8, 4) is 0 Å². The SMILES string of the molecule is Cc1ccc(CN2CCN(C(=O)NC(C)CCCC(C)(C)O)CC2=O)cc1C. The third-order valence-electron chi connectivity index (χ3n) is 5.35. The summed E-state index contributed by atoms with van der Waals surface area (Å²) in [6, 6.07) is 6.09. The van der Waals surface area contributed by atoms with Gasteiger partial charge in [-0.3, -0.25) is 4.79 Å². The van der Waals surface area contributed by atoms with Gasteiger partial charge in [-0.05, 0) is 70.6 Å². The van der Waals surface area contributed by atoms with Gasteiger partial charge in [0.15, 0.2) is 0 Å². The Balaban J connectivity index is 1.79. The minimum Gasteiger partial charge on any atom is -0.390 e. The van der Waals surface area contributed by atoms with Crippen LogP contribution in [0.25, 0.3) is 0 Å². The van der Waals surface area contributed by atoms with E-state index in [2.05, 4.69) is 37.4 Å². The van der Waals surface area contributed by atoms with Gasteiger partial charge in [0.1, 0.15) is 6.54 Å². The molecule has 1 atom stereocenters. The van der Waals surface area contributed by atoms with E-state index in [4.69, 9.17) is 0 Å². The Bertz CT molecular complexity index is 697. The molecule has 1 unspecified atom stereocenters. The zero-order valence-electron chi connectivity index (χ0n) is 17.9. The Hall–Kier alpha value is -2.08. The molecule has 0 aliphatic carbocycles. The maximum Gasteiger partial charge on any atom is 0.318 e. The van der Waals surface area contributed by atoms with Crippen LogP contribution in [0.15, 0.2) is 18.2 Å². The maximum atomic E-state index is 12.5. The lowest BCUT2D eigenvalue weighted by atomic mass is 10.00. The van der Waals surface area contributed by atoms with E-state index in [1.807, 2.05) is 11.8 Å². The smallest absolute Gasteiger partial charge is 0.318 e. The third kappa shape index (κ3) is 6.82. The van der Waals surface area contributed by atoms with Crippen molar-refractivity contribution in [3.05, 3.63) is 34.9 Å². The highest BCUT2D eigenvalue weighted by Crippen LogP contribution is 2.15. The fourth-order valence-corrected chi connectivity index (χ4v) is 3.39. The van der Waals surface area contributed by atoms with Gasteiger partial charge in [0.25, 0.3) is 0 Å². The van der Waals surface area contributed by atoms with E-state index < -0.39 is 5.60 Å². The summed E-state index contributed by atoms with van der Waals surface area (Å²) in [5, 5.41) is 12.7. The van der Waals surface area contributed by atoms with Crippen LogP contribution < -0.4 is 5.32 Å². The lowest BCUT2D eigenvalue weighted by molar-refractivity contribution is -0.135. The number of benzene rings is 1. The van der Waals surface area contributed by atoms with Gasteiger partial charge in [0.05, 0.1) is 5.60 Å². The molecule has 0 radical (unpaired) electrons. The number of urea groups is 1. The van der Waals surface area contributed by atoms with Crippen LogP contribution >= 0.6 is 0 Å². The monoisotopic (exact) mass is 389 g/mol. The number of hydrogen-bond acceptors (Lipinski definition) is 3. The third-order valence-corrected chi connectivity index (χ3v) is 5.35. The molecule has 6 nitrogen and oxygen atoms in total. The zero-order valence-corrected chi connectivity index (χ0v) is 17.9. The normalized spacial score (nSPS) is 16.3. The van der Waals surface area contributed by atoms with Crippen LogP contribution in [0.4, 0.5) is 4.79 Å². The second-order valence-electron chi connectivity index (χ2n) is 8.71. The minimum atomic E-state index is -0.678. The molecule has 0 spiro atoms. The lowest BCUT2D eigenvalue weighted by Gasteiger charge is -2.35. The quantitative estimate of drug-likeness (QED) is 0.753. The molecule has 1 heterocycles. The van der Waals surface area contributed by atoms with Crippen LogP contribution in [0.3, 0.4) is 0 Å². The number of nitrogens with one attached hydrogen (secondary N) is 1. The summed E-state index contributed by atoms with van der Waals surface area (Å²) in [4.78, 5) is 28.4. The van der Waals surface area contributed by atoms with E-state index in [0.717, 1.165) is 18.4 Å². The van der Waals surface area contributed by atoms with Gasteiger partial charge in [0.2, 0.25) is 5.91 Å². The van der Waals surface area contributed by atoms with Crippen molar-refractivity contribution in [2.24, 2.45) is 0 Å². The number of carbonyl (C=O) groups is 2. The number of hydrogen-bond donors (Lipinski definition) is 2. The highest BCUT2D eigenvalue weighted by atomic mass is 16.3. The molecule has 1 aromatic rings. The summed E-state index contributed by atoms with van der Waals surface area (Å²) in [5.74, 6) is -0.0192. The summed E-state index contributed by atoms with van der Waals surface area (Å²) in [6.07, 6.45) is 2.34. The lowest BCUT2D eigenvalue weighted by Crippen LogP contribution is -2.55. The Morgan fingerprint density at radius 3 is 2.57 bits per heavy atom. The summed E-state index contributed by atoms with van der Waals surface area (Å²) in [7, 11) is 0. The van der Waals surface area contributed by atoms with Gasteiger partial charge in [-0.15, -0.1) is 0 Å². The van der Waals surface area contributed by atoms with Gasteiger partial charge >= 0.3 is 6.03 Å². The maximum absolute atomic E-state index is 12.5. The molecular formula is C22H35N3O3. The molecule has 2 N–H and O–H groups in total. The first-order chi connectivity index (χ1) is 13.0. The van der Waals surface area contributed by atoms with Crippen molar-refractivity contribution in [2.45, 2.75) is 72.1 Å². The van der Waals surface area contributed by atoms with Crippen LogP contribution in [-0.2, 0) is 11.3 Å². The van der Waals surface area contributed by atoms with Crippen LogP contribution in [0, 0.1) is 13.8 Å². The van der Waals surface area contributed by atoms with Gasteiger partial charge < -0.3 is 20.2 Å². The number of carbonyl (C=O) groups excluding carboxylic acids is 2. The summed E-state index contributed by atoms with van der Waals surface area (Å²) in [6.45, 7) is 11.5. The first-order valence-electron chi connectivity index (χ1n) is 10.2. The molecule has 1 saturated heterocycles. The molecule has 0 saturated carbocycles. The average molecular weight is 390 g/mol. The molecule has 0 bridgehead atoms. The number of aryl methyl sites for hydroxylation is 2. The number of rotatable bonds is 7. The van der Waals surface area contributed by atoms with Crippen LogP contribution in [0.5, 0.6) is 0 Å². The number of piperazine rings is 1. The highest BCUT2D eigenvalue weighted by molar-refractivity contribution is 5.85. The van der Waals surface area contributed by atoms with Crippen molar-refractivity contribution in [3.63, 3.8) is 0 Å². The van der Waals surface area contributed by atoms with E-state index >= 15 is 0 Å². The van der Waals surface area contributed by atoms with Crippen molar-refractivity contribution >= 4 is 11.9 Å². The molecule has 1 aromatic carbocycles. The Morgan fingerprint density at radius 2 is 1.96 bits per heavy atom. The fraction of sp³-hybridized carbons (Fsp3) is 0.636. The van der Waals surface area contributed by atoms with Crippen molar-refractivity contribution in [2.75, 3.05) is 19.6 Å². The molecule has 1 fully saturated rings. The van der Waals surface area contributed by atoms with E-state index in [1.165, 1.54) is 11.1 Å². The molecule has 1 aliphatic rings. The number of aliphatic hydroxyl groups is 1. The molecule has 6 heteroatoms. The van der Waals surface area contributed by atoms with Gasteiger partial charge in [-0.1, -0.05) is 18.2 Å². The predicted octanol–water partition coefficient (Wildman–Crippen LogP) is 2.99. The van der Waals surface area contributed by atoms with Gasteiger partial charge in [-0.2, -0.15) is 0 Å². The van der Waals surface area contributed by atoms with Crippen molar-refractivity contribution < 1.29 is 14.7 Å². The minimum absolute atomic E-state index is 0.0125. The zero-order chi connectivity index (χ0) is 20.9. The molecule has 1 aliphatic heterocycles. The van der Waals surface area contributed by atoms with E-state index in [0.29, 0.717) is 26.1 Å². The molecule has 0 aromatic heterocycles. The van der Waals surface area contributed by atoms with E-state index in [-0.39, 0.29) is 24.5 Å². The molecule has 3 amide bonds. The topological polar surface area (TPSA) is 72.9 Å². The van der Waals surface area contributed by atoms with Crippen LogP contribution in [0.2, 0.25) is 0 Å². The second-order valence-corrected chi connectivity index (χ2v) is 8.71. The van der Waals surface area contributed by atoms with Crippen LogP contribution in [-0.4, -0.2) is 58.1 Å². The Labute approximate surface area is 168 Å². The molecule has 28 heavy (non-hydrogen) atoms. The molecular weight excluding hydrogens is 354 g/mol. The number of nitrogens with zero attached hydrogens (tertiary/aromatic N) is 2. The largest absolute Gasteiger partial charge is 0.390 e. The van der Waals surface area contributed by atoms with Gasteiger partial charge in [-0.25, -0.2) is 4.79 Å². The van der Waals surface area contributed by atoms with Crippen molar-refractivity contribution in [1.29, 1.82) is 0 Å². The highest BCUT2D eigenvalue weighted by Gasteiger charge is 2.27. The van der Waals surface area contributed by atoms with E-state index in [9.17, 15) is 14.7 Å². The first kappa shape index (κ1) is 22.2. The van der Waals surface area contributed by atoms with Crippen molar-refractivity contribution in [1.82, 2.24) is 15.1 Å². The Morgan fingerprint density at radius 1 is 1.25 bits per heavy atom.